The van der Waals surface area contributed by atoms with Crippen LogP contribution in [0.25, 0.3) is 0 Å². The second-order valence-corrected chi connectivity index (χ2v) is 5.25. The van der Waals surface area contributed by atoms with Crippen molar-refractivity contribution in [2.75, 3.05) is 18.5 Å². The Bertz CT molecular complexity index is 717. The van der Waals surface area contributed by atoms with Gasteiger partial charge in [0.15, 0.2) is 11.5 Å². The molecule has 1 aliphatic rings. The second kappa shape index (κ2) is 6.15. The zero-order valence-electron chi connectivity index (χ0n) is 11.6. The number of nitrogens with one attached hydrogen (secondary N) is 1. The maximum Gasteiger partial charge on any atom is 0.255 e. The van der Waals surface area contributed by atoms with Crippen molar-refractivity contribution in [1.82, 2.24) is 0 Å². The van der Waals surface area contributed by atoms with E-state index in [1.54, 1.807) is 18.2 Å². The predicted octanol–water partition coefficient (Wildman–Crippen LogP) is 3.46. The van der Waals surface area contributed by atoms with Gasteiger partial charge in [-0.25, -0.2) is 0 Å². The second-order valence-electron chi connectivity index (χ2n) is 4.84. The fraction of sp³-hybridized carbons (Fsp3) is 0.188. The molecule has 1 aliphatic heterocycles. The molecule has 0 saturated carbocycles. The number of ether oxygens (including phenoxy) is 2. The third-order valence-corrected chi connectivity index (χ3v) is 3.45. The van der Waals surface area contributed by atoms with Gasteiger partial charge in [0.25, 0.3) is 5.91 Å². The first-order valence-electron chi connectivity index (χ1n) is 6.83. The Labute approximate surface area is 132 Å². The number of amides is 1. The summed E-state index contributed by atoms with van der Waals surface area (Å²) in [7, 11) is 0. The van der Waals surface area contributed by atoms with Gasteiger partial charge in [-0.3, -0.25) is 4.79 Å². The van der Waals surface area contributed by atoms with Gasteiger partial charge in [-0.1, -0.05) is 17.7 Å². The van der Waals surface area contributed by atoms with E-state index in [2.05, 4.69) is 5.32 Å². The van der Waals surface area contributed by atoms with E-state index in [1.807, 2.05) is 0 Å². The number of halogens is 1. The molecule has 0 aromatic heterocycles. The van der Waals surface area contributed by atoms with Crippen LogP contribution < -0.4 is 14.8 Å². The van der Waals surface area contributed by atoms with E-state index in [0.717, 1.165) is 6.42 Å². The van der Waals surface area contributed by atoms with Crippen LogP contribution in [0.5, 0.6) is 17.2 Å². The van der Waals surface area contributed by atoms with Crippen LogP contribution in [0.2, 0.25) is 5.02 Å². The van der Waals surface area contributed by atoms with E-state index in [1.165, 1.54) is 18.2 Å². The highest BCUT2D eigenvalue weighted by Gasteiger charge is 2.18. The molecule has 2 N–H and O–H groups in total. The minimum Gasteiger partial charge on any atom is -0.508 e. The van der Waals surface area contributed by atoms with Crippen molar-refractivity contribution in [2.45, 2.75) is 6.42 Å². The molecule has 0 bridgehead atoms. The van der Waals surface area contributed by atoms with Crippen LogP contribution in [-0.4, -0.2) is 24.2 Å². The van der Waals surface area contributed by atoms with E-state index in [9.17, 15) is 9.90 Å². The lowest BCUT2D eigenvalue weighted by Crippen LogP contribution is -2.12. The number of carbonyl (C=O) groups excluding carboxylic acids is 1. The summed E-state index contributed by atoms with van der Waals surface area (Å²) < 4.78 is 11.1. The number of phenolic OH excluding ortho intramolecular Hbond substituents is 1. The van der Waals surface area contributed by atoms with E-state index in [-0.39, 0.29) is 11.7 Å². The van der Waals surface area contributed by atoms with Gasteiger partial charge in [0.2, 0.25) is 0 Å². The van der Waals surface area contributed by atoms with Crippen molar-refractivity contribution >= 4 is 23.2 Å². The molecule has 0 radical (unpaired) electrons. The van der Waals surface area contributed by atoms with Crippen LogP contribution in [-0.2, 0) is 0 Å². The van der Waals surface area contributed by atoms with Crippen LogP contribution in [0, 0.1) is 0 Å². The lowest BCUT2D eigenvalue weighted by Gasteiger charge is -2.12. The SMILES string of the molecule is O=C(Nc1cccc(O)c1)c1cc(Cl)c2c(c1)OCCCO2. The van der Waals surface area contributed by atoms with Gasteiger partial charge in [-0.15, -0.1) is 0 Å². The minimum atomic E-state index is -0.344. The maximum absolute atomic E-state index is 12.3. The molecule has 1 amide bonds. The molecule has 0 aliphatic carbocycles. The van der Waals surface area contributed by atoms with Crippen LogP contribution in [0.15, 0.2) is 36.4 Å². The molecule has 0 spiro atoms. The Morgan fingerprint density at radius 1 is 1.18 bits per heavy atom. The lowest BCUT2D eigenvalue weighted by atomic mass is 10.1. The number of fused-ring (bicyclic) bond motifs is 1. The molecule has 6 heteroatoms. The molecule has 0 fully saturated rings. The van der Waals surface area contributed by atoms with Crippen LogP contribution >= 0.6 is 11.6 Å². The third-order valence-electron chi connectivity index (χ3n) is 3.17. The maximum atomic E-state index is 12.3. The van der Waals surface area contributed by atoms with Gasteiger partial charge in [-0.05, 0) is 24.3 Å². The first-order chi connectivity index (χ1) is 10.6. The number of phenols is 1. The number of rotatable bonds is 2. The highest BCUT2D eigenvalue weighted by atomic mass is 35.5. The smallest absolute Gasteiger partial charge is 0.255 e. The summed E-state index contributed by atoms with van der Waals surface area (Å²) in [4.78, 5) is 12.3. The molecule has 3 rings (SSSR count). The molecule has 0 saturated heterocycles. The van der Waals surface area contributed by atoms with Crippen LogP contribution in [0.4, 0.5) is 5.69 Å². The van der Waals surface area contributed by atoms with Gasteiger partial charge in [-0.2, -0.15) is 0 Å². The standard InChI is InChI=1S/C16H14ClNO4/c17-13-7-10(8-14-15(13)22-6-2-5-21-14)16(20)18-11-3-1-4-12(19)9-11/h1,3-4,7-9,19H,2,5-6H2,(H,18,20). The van der Waals surface area contributed by atoms with Crippen molar-refractivity contribution in [2.24, 2.45) is 0 Å². The Balaban J connectivity index is 1.86. The summed E-state index contributed by atoms with van der Waals surface area (Å²) in [5.74, 6) is 0.664. The summed E-state index contributed by atoms with van der Waals surface area (Å²) in [6.45, 7) is 1.04. The fourth-order valence-corrected chi connectivity index (χ4v) is 2.41. The topological polar surface area (TPSA) is 67.8 Å². The molecule has 5 nitrogen and oxygen atoms in total. The average molecular weight is 320 g/mol. The summed E-state index contributed by atoms with van der Waals surface area (Å²) >= 11 is 6.17. The first kappa shape index (κ1) is 14.5. The Morgan fingerprint density at radius 3 is 2.82 bits per heavy atom. The zero-order valence-corrected chi connectivity index (χ0v) is 12.4. The van der Waals surface area contributed by atoms with Gasteiger partial charge in [0.05, 0.1) is 18.2 Å². The van der Waals surface area contributed by atoms with Crippen molar-refractivity contribution in [1.29, 1.82) is 0 Å². The van der Waals surface area contributed by atoms with Crippen molar-refractivity contribution in [3.63, 3.8) is 0 Å². The molecule has 114 valence electrons. The number of hydrogen-bond donors (Lipinski definition) is 2. The lowest BCUT2D eigenvalue weighted by molar-refractivity contribution is 0.102. The van der Waals surface area contributed by atoms with E-state index in [4.69, 9.17) is 21.1 Å². The molecule has 0 unspecified atom stereocenters. The summed E-state index contributed by atoms with van der Waals surface area (Å²) in [5.41, 5.74) is 0.853. The Hall–Kier alpha value is -2.40. The van der Waals surface area contributed by atoms with Gasteiger partial charge < -0.3 is 19.9 Å². The van der Waals surface area contributed by atoms with Crippen LogP contribution in [0.1, 0.15) is 16.8 Å². The average Bonchev–Trinajstić information content (AvgIpc) is 2.73. The van der Waals surface area contributed by atoms with Crippen molar-refractivity contribution in [3.05, 3.63) is 47.0 Å². The Kier molecular flexibility index (Phi) is 4.06. The highest BCUT2D eigenvalue weighted by Crippen LogP contribution is 2.38. The van der Waals surface area contributed by atoms with Gasteiger partial charge in [0, 0.05) is 23.7 Å². The zero-order chi connectivity index (χ0) is 15.5. The number of carbonyl (C=O) groups is 1. The molecular weight excluding hydrogens is 306 g/mol. The Morgan fingerprint density at radius 2 is 2.00 bits per heavy atom. The molecule has 2 aromatic rings. The van der Waals surface area contributed by atoms with Crippen LogP contribution in [0.3, 0.4) is 0 Å². The van der Waals surface area contributed by atoms with Crippen molar-refractivity contribution < 1.29 is 19.4 Å². The molecular formula is C16H14ClNO4. The minimum absolute atomic E-state index is 0.0782. The van der Waals surface area contributed by atoms with E-state index in [0.29, 0.717) is 41.0 Å². The van der Waals surface area contributed by atoms with E-state index < -0.39 is 0 Å². The summed E-state index contributed by atoms with van der Waals surface area (Å²) in [5, 5.41) is 12.4. The van der Waals surface area contributed by atoms with Crippen molar-refractivity contribution in [3.8, 4) is 17.2 Å². The largest absolute Gasteiger partial charge is 0.508 e. The molecule has 22 heavy (non-hydrogen) atoms. The first-order valence-corrected chi connectivity index (χ1v) is 7.21. The quantitative estimate of drug-likeness (QED) is 0.889. The number of benzene rings is 2. The predicted molar refractivity (Wildman–Crippen MR) is 83.1 cm³/mol. The third kappa shape index (κ3) is 3.09. The fourth-order valence-electron chi connectivity index (χ4n) is 2.15. The summed E-state index contributed by atoms with van der Waals surface area (Å²) in [6, 6.07) is 9.45. The molecule has 1 heterocycles. The van der Waals surface area contributed by atoms with Gasteiger partial charge >= 0.3 is 0 Å². The monoisotopic (exact) mass is 319 g/mol. The highest BCUT2D eigenvalue weighted by molar-refractivity contribution is 6.32. The normalized spacial score (nSPS) is 13.3. The number of aromatic hydroxyl groups is 1. The molecule has 0 atom stereocenters. The van der Waals surface area contributed by atoms with Gasteiger partial charge in [0.1, 0.15) is 5.75 Å². The number of anilines is 1. The summed E-state index contributed by atoms with van der Waals surface area (Å²) in [6.07, 6.45) is 0.760. The molecule has 2 aromatic carbocycles. The van der Waals surface area contributed by atoms with E-state index >= 15 is 0 Å². The number of hydrogen-bond acceptors (Lipinski definition) is 4.